The zero-order valence-electron chi connectivity index (χ0n) is 20.7. The second-order valence-corrected chi connectivity index (χ2v) is 9.27. The molecule has 2 heterocycles. The number of esters is 1. The van der Waals surface area contributed by atoms with E-state index in [1.54, 1.807) is 17.5 Å². The third-order valence-electron chi connectivity index (χ3n) is 5.86. The second kappa shape index (κ2) is 11.3. The van der Waals surface area contributed by atoms with Crippen LogP contribution >= 0.6 is 11.3 Å². The molecule has 4 aromatic rings. The molecule has 9 nitrogen and oxygen atoms in total. The summed E-state index contributed by atoms with van der Waals surface area (Å²) in [4.78, 5) is 45.9. The van der Waals surface area contributed by atoms with Gasteiger partial charge < -0.3 is 4.74 Å². The van der Waals surface area contributed by atoms with Crippen molar-refractivity contribution < 1.29 is 19.2 Å². The number of fused-ring (bicyclic) bond motifs is 1. The molecule has 4 rings (SSSR count). The lowest BCUT2D eigenvalue weighted by Crippen LogP contribution is -2.30. The summed E-state index contributed by atoms with van der Waals surface area (Å²) in [5.41, 5.74) is 3.86. The first-order chi connectivity index (χ1) is 17.8. The van der Waals surface area contributed by atoms with Crippen LogP contribution in [-0.2, 0) is 22.4 Å². The van der Waals surface area contributed by atoms with E-state index in [2.05, 4.69) is 17.2 Å². The Bertz CT molecular complexity index is 1480. The summed E-state index contributed by atoms with van der Waals surface area (Å²) in [5, 5.41) is 16.4. The molecule has 0 aliphatic rings. The number of non-ortho nitro benzene ring substituents is 1. The Labute approximate surface area is 217 Å². The van der Waals surface area contributed by atoms with Crippen molar-refractivity contribution in [2.75, 3.05) is 5.32 Å². The third kappa shape index (κ3) is 5.64. The largest absolute Gasteiger partial charge is 0.449 e. The topological polar surface area (TPSA) is 124 Å². The maximum absolute atomic E-state index is 13.3. The molecule has 10 heteroatoms. The lowest BCUT2D eigenvalue weighted by Gasteiger charge is -2.17. The Morgan fingerprint density at radius 2 is 1.92 bits per heavy atom. The van der Waals surface area contributed by atoms with Gasteiger partial charge in [0.2, 0.25) is 0 Å². The third-order valence-corrected chi connectivity index (χ3v) is 6.62. The number of amides is 1. The molecule has 1 N–H and O–H groups in total. The highest BCUT2D eigenvalue weighted by molar-refractivity contribution is 7.14. The average molecular weight is 519 g/mol. The number of nitrogens with zero attached hydrogens (tertiary/aromatic N) is 3. The van der Waals surface area contributed by atoms with Crippen LogP contribution in [0.4, 0.5) is 10.8 Å². The van der Waals surface area contributed by atoms with Crippen LogP contribution in [0.1, 0.15) is 48.8 Å². The summed E-state index contributed by atoms with van der Waals surface area (Å²) >= 11 is 1.17. The number of anilines is 1. The molecule has 0 aliphatic heterocycles. The van der Waals surface area contributed by atoms with Crippen LogP contribution in [0.2, 0.25) is 0 Å². The van der Waals surface area contributed by atoms with Gasteiger partial charge in [0.15, 0.2) is 11.2 Å². The van der Waals surface area contributed by atoms with Crippen LogP contribution in [0.3, 0.4) is 0 Å². The molecule has 2 aromatic carbocycles. The van der Waals surface area contributed by atoms with Crippen molar-refractivity contribution >= 4 is 44.9 Å². The average Bonchev–Trinajstić information content (AvgIpc) is 3.36. The number of carbonyl (C=O) groups is 2. The number of para-hydroxylation sites is 1. The van der Waals surface area contributed by atoms with E-state index in [4.69, 9.17) is 9.72 Å². The molecule has 0 bridgehead atoms. The molecule has 190 valence electrons. The number of hydrogen-bond donors (Lipinski definition) is 1. The number of ether oxygens (including phenoxy) is 1. The number of carbonyl (C=O) groups excluding carboxylic acids is 2. The van der Waals surface area contributed by atoms with Crippen molar-refractivity contribution in [3.8, 4) is 11.3 Å². The second-order valence-electron chi connectivity index (χ2n) is 8.41. The number of hydrogen-bond acceptors (Lipinski definition) is 8. The molecule has 37 heavy (non-hydrogen) atoms. The Morgan fingerprint density at radius 1 is 1.14 bits per heavy atom. The Kier molecular flexibility index (Phi) is 7.88. The monoisotopic (exact) mass is 518 g/mol. The molecule has 1 unspecified atom stereocenters. The summed E-state index contributed by atoms with van der Waals surface area (Å²) in [6.45, 7) is 5.54. The molecule has 1 atom stereocenters. The van der Waals surface area contributed by atoms with E-state index in [9.17, 15) is 19.7 Å². The first-order valence-corrected chi connectivity index (χ1v) is 12.8. The van der Waals surface area contributed by atoms with Crippen LogP contribution in [0.15, 0.2) is 53.9 Å². The molecule has 0 aliphatic carbocycles. The molecule has 0 fully saturated rings. The number of pyridine rings is 1. The highest BCUT2D eigenvalue weighted by Gasteiger charge is 2.25. The van der Waals surface area contributed by atoms with E-state index in [1.807, 2.05) is 31.2 Å². The van der Waals surface area contributed by atoms with E-state index in [0.717, 1.165) is 24.1 Å². The summed E-state index contributed by atoms with van der Waals surface area (Å²) in [6.07, 6.45) is 1.15. The van der Waals surface area contributed by atoms with Gasteiger partial charge in [-0.3, -0.25) is 25.2 Å². The number of aryl methyl sites for hydroxylation is 1. The molecule has 0 radical (unpaired) electrons. The van der Waals surface area contributed by atoms with Crippen LogP contribution in [0.25, 0.3) is 22.2 Å². The highest BCUT2D eigenvalue weighted by atomic mass is 32.1. The number of thiazole rings is 1. The van der Waals surface area contributed by atoms with E-state index < -0.39 is 22.9 Å². The van der Waals surface area contributed by atoms with Crippen LogP contribution < -0.4 is 5.32 Å². The number of benzene rings is 2. The van der Waals surface area contributed by atoms with Gasteiger partial charge in [0.1, 0.15) is 0 Å². The minimum Gasteiger partial charge on any atom is -0.449 e. The highest BCUT2D eigenvalue weighted by Crippen LogP contribution is 2.29. The number of nitrogens with one attached hydrogen (secondary N) is 1. The molecule has 2 aromatic heterocycles. The van der Waals surface area contributed by atoms with E-state index in [1.165, 1.54) is 30.4 Å². The van der Waals surface area contributed by atoms with Crippen LogP contribution in [0.5, 0.6) is 0 Å². The number of rotatable bonds is 9. The van der Waals surface area contributed by atoms with Crippen molar-refractivity contribution in [2.45, 2.75) is 46.1 Å². The zero-order valence-corrected chi connectivity index (χ0v) is 21.5. The molecule has 0 saturated carbocycles. The zero-order chi connectivity index (χ0) is 26.5. The van der Waals surface area contributed by atoms with Crippen molar-refractivity contribution in [1.82, 2.24) is 9.97 Å². The lowest BCUT2D eigenvalue weighted by molar-refractivity contribution is -0.384. The fraction of sp³-hybridized carbons (Fsp3) is 0.259. The minimum atomic E-state index is -1.08. The number of nitro groups is 1. The quantitative estimate of drug-likeness (QED) is 0.164. The predicted octanol–water partition coefficient (Wildman–Crippen LogP) is 5.97. The van der Waals surface area contributed by atoms with Gasteiger partial charge in [0.05, 0.1) is 21.7 Å². The van der Waals surface area contributed by atoms with Crippen LogP contribution in [0, 0.1) is 10.1 Å². The Hall–Kier alpha value is -4.18. The summed E-state index contributed by atoms with van der Waals surface area (Å²) in [6, 6.07) is 13.5. The first-order valence-electron chi connectivity index (χ1n) is 11.9. The predicted molar refractivity (Wildman–Crippen MR) is 143 cm³/mol. The van der Waals surface area contributed by atoms with Gasteiger partial charge in [0.25, 0.3) is 11.6 Å². The van der Waals surface area contributed by atoms with Gasteiger partial charge in [-0.1, -0.05) is 50.6 Å². The first kappa shape index (κ1) is 25.9. The minimum absolute atomic E-state index is 0.0474. The van der Waals surface area contributed by atoms with Crippen molar-refractivity contribution in [1.29, 1.82) is 0 Å². The van der Waals surface area contributed by atoms with Gasteiger partial charge in [-0.05, 0) is 31.4 Å². The van der Waals surface area contributed by atoms with Crippen molar-refractivity contribution in [3.05, 3.63) is 80.8 Å². The summed E-state index contributed by atoms with van der Waals surface area (Å²) in [5.74, 6) is -1.11. The van der Waals surface area contributed by atoms with Crippen LogP contribution in [-0.4, -0.2) is 32.9 Å². The van der Waals surface area contributed by atoms with Gasteiger partial charge in [-0.15, -0.1) is 11.3 Å². The molecule has 0 spiro atoms. The van der Waals surface area contributed by atoms with Gasteiger partial charge in [-0.25, -0.2) is 9.78 Å². The maximum Gasteiger partial charge on any atom is 0.339 e. The van der Waals surface area contributed by atoms with E-state index in [0.29, 0.717) is 39.3 Å². The SMILES string of the molecule is CCCc1nc2ccccc2c(C(=O)OC(C)C(=O)Nc2nc(-c3cccc([N+](=O)[O-])c3)cs2)c1CC. The molecule has 0 saturated heterocycles. The summed E-state index contributed by atoms with van der Waals surface area (Å²) in [7, 11) is 0. The van der Waals surface area contributed by atoms with Crippen molar-refractivity contribution in [3.63, 3.8) is 0 Å². The summed E-state index contributed by atoms with van der Waals surface area (Å²) < 4.78 is 5.61. The Morgan fingerprint density at radius 3 is 2.65 bits per heavy atom. The fourth-order valence-electron chi connectivity index (χ4n) is 4.08. The maximum atomic E-state index is 13.3. The van der Waals surface area contributed by atoms with Gasteiger partial charge in [-0.2, -0.15) is 0 Å². The van der Waals surface area contributed by atoms with Crippen molar-refractivity contribution in [2.24, 2.45) is 0 Å². The molecular weight excluding hydrogens is 492 g/mol. The number of aromatic nitrogens is 2. The van der Waals surface area contributed by atoms with E-state index >= 15 is 0 Å². The fourth-order valence-corrected chi connectivity index (χ4v) is 4.81. The number of nitro benzene ring substituents is 1. The Balaban J connectivity index is 1.52. The smallest absolute Gasteiger partial charge is 0.339 e. The van der Waals surface area contributed by atoms with Gasteiger partial charge in [0, 0.05) is 34.2 Å². The normalized spacial score (nSPS) is 11.8. The molecule has 1 amide bonds. The van der Waals surface area contributed by atoms with Gasteiger partial charge >= 0.3 is 5.97 Å². The molecular formula is C27H26N4O5S. The standard InChI is InChI=1S/C27H26N4O5S/c1-4-9-21-19(5-2)24(20-12-6-7-13-22(20)28-21)26(33)36-16(3)25(32)30-27-29-23(15-37-27)17-10-8-11-18(14-17)31(34)35/h6-8,10-16H,4-5,9H2,1-3H3,(H,29,30,32). The lowest BCUT2D eigenvalue weighted by atomic mass is 9.96. The van der Waals surface area contributed by atoms with E-state index in [-0.39, 0.29) is 5.69 Å².